The molecule has 0 saturated carbocycles. The van der Waals surface area contributed by atoms with Crippen molar-refractivity contribution in [3.05, 3.63) is 56.8 Å². The van der Waals surface area contributed by atoms with E-state index in [-0.39, 0.29) is 25.0 Å². The summed E-state index contributed by atoms with van der Waals surface area (Å²) in [6.45, 7) is 1.63. The Kier molecular flexibility index (Phi) is 5.45. The number of fused-ring (bicyclic) bond motifs is 1. The van der Waals surface area contributed by atoms with Gasteiger partial charge in [-0.15, -0.1) is 11.3 Å². The van der Waals surface area contributed by atoms with Crippen LogP contribution in [-0.4, -0.2) is 29.9 Å². The normalized spacial score (nSPS) is 13.1. The van der Waals surface area contributed by atoms with Crippen LogP contribution >= 0.6 is 34.5 Å². The minimum absolute atomic E-state index is 0.127. The van der Waals surface area contributed by atoms with Crippen molar-refractivity contribution in [3.8, 4) is 17.0 Å². The van der Waals surface area contributed by atoms with Gasteiger partial charge < -0.3 is 10.1 Å². The van der Waals surface area contributed by atoms with Crippen molar-refractivity contribution < 1.29 is 14.3 Å². The number of aryl methyl sites for hydroxylation is 1. The molecule has 148 valence electrons. The quantitative estimate of drug-likeness (QED) is 0.623. The van der Waals surface area contributed by atoms with Crippen molar-refractivity contribution in [2.45, 2.75) is 6.92 Å². The maximum atomic E-state index is 12.6. The van der Waals surface area contributed by atoms with Crippen molar-refractivity contribution in [3.63, 3.8) is 0 Å². The van der Waals surface area contributed by atoms with Crippen LogP contribution in [0.2, 0.25) is 10.0 Å². The van der Waals surface area contributed by atoms with Gasteiger partial charge in [0.05, 0.1) is 16.4 Å². The summed E-state index contributed by atoms with van der Waals surface area (Å²) in [4.78, 5) is 30.9. The predicted molar refractivity (Wildman–Crippen MR) is 115 cm³/mol. The SMILES string of the molecule is Cc1nc(-c2ccc3c(c2)N(CC(=O)Nc2cc(Cl)cc(Cl)c2)C(=O)CO3)cs1. The van der Waals surface area contributed by atoms with Crippen LogP contribution in [-0.2, 0) is 9.59 Å². The summed E-state index contributed by atoms with van der Waals surface area (Å²) < 4.78 is 5.52. The third kappa shape index (κ3) is 4.37. The summed E-state index contributed by atoms with van der Waals surface area (Å²) in [7, 11) is 0. The number of carbonyl (C=O) groups excluding carboxylic acids is 2. The summed E-state index contributed by atoms with van der Waals surface area (Å²) in [6, 6.07) is 10.2. The zero-order valence-electron chi connectivity index (χ0n) is 15.2. The summed E-state index contributed by atoms with van der Waals surface area (Å²) in [5.41, 5.74) is 2.65. The van der Waals surface area contributed by atoms with Crippen LogP contribution in [0.3, 0.4) is 0 Å². The first-order valence-corrected chi connectivity index (χ1v) is 10.3. The summed E-state index contributed by atoms with van der Waals surface area (Å²) in [5, 5.41) is 6.42. The Morgan fingerprint density at radius 2 is 2.00 bits per heavy atom. The minimum atomic E-state index is -0.376. The number of nitrogens with zero attached hydrogens (tertiary/aromatic N) is 2. The Bertz CT molecular complexity index is 1100. The van der Waals surface area contributed by atoms with Crippen LogP contribution < -0.4 is 15.0 Å². The van der Waals surface area contributed by atoms with Crippen molar-refractivity contribution in [2.24, 2.45) is 0 Å². The molecule has 0 unspecified atom stereocenters. The van der Waals surface area contributed by atoms with Crippen LogP contribution in [0, 0.1) is 6.92 Å². The van der Waals surface area contributed by atoms with Crippen molar-refractivity contribution >= 4 is 57.7 Å². The van der Waals surface area contributed by atoms with Gasteiger partial charge in [-0.3, -0.25) is 14.5 Å². The lowest BCUT2D eigenvalue weighted by Gasteiger charge is -2.29. The van der Waals surface area contributed by atoms with Crippen LogP contribution in [0.1, 0.15) is 5.01 Å². The molecule has 0 saturated heterocycles. The van der Waals surface area contributed by atoms with E-state index >= 15 is 0 Å². The van der Waals surface area contributed by atoms with Gasteiger partial charge in [0.25, 0.3) is 5.91 Å². The summed E-state index contributed by atoms with van der Waals surface area (Å²) >= 11 is 13.5. The Hall–Kier alpha value is -2.61. The molecule has 1 aliphatic heterocycles. The fourth-order valence-corrected chi connectivity index (χ4v) is 4.15. The predicted octanol–water partition coefficient (Wildman–Crippen LogP) is 4.79. The lowest BCUT2D eigenvalue weighted by atomic mass is 10.1. The number of hydrogen-bond donors (Lipinski definition) is 1. The molecule has 6 nitrogen and oxygen atoms in total. The standard InChI is InChI=1S/C20H15Cl2N3O3S/c1-11-23-16(10-29-11)12-2-3-18-17(4-12)25(20(27)9-28-18)8-19(26)24-15-6-13(21)5-14(22)7-15/h2-7,10H,8-9H2,1H3,(H,24,26). The third-order valence-electron chi connectivity index (χ3n) is 4.26. The molecule has 0 aliphatic carbocycles. The number of halogens is 2. The second kappa shape index (κ2) is 8.02. The Labute approximate surface area is 181 Å². The molecule has 29 heavy (non-hydrogen) atoms. The smallest absolute Gasteiger partial charge is 0.265 e. The fourth-order valence-electron chi connectivity index (χ4n) is 3.00. The van der Waals surface area contributed by atoms with Gasteiger partial charge in [0.1, 0.15) is 12.3 Å². The number of rotatable bonds is 4. The lowest BCUT2D eigenvalue weighted by Crippen LogP contribution is -2.43. The first kappa shape index (κ1) is 19.7. The molecule has 4 rings (SSSR count). The Balaban J connectivity index is 1.59. The molecule has 1 aromatic heterocycles. The van der Waals surface area contributed by atoms with E-state index in [2.05, 4.69) is 10.3 Å². The van der Waals surface area contributed by atoms with Gasteiger partial charge in [-0.2, -0.15) is 0 Å². The number of carbonyl (C=O) groups is 2. The third-order valence-corrected chi connectivity index (χ3v) is 5.47. The number of hydrogen-bond acceptors (Lipinski definition) is 5. The number of amides is 2. The Morgan fingerprint density at radius 1 is 1.24 bits per heavy atom. The number of benzene rings is 2. The first-order valence-electron chi connectivity index (χ1n) is 8.65. The largest absolute Gasteiger partial charge is 0.482 e. The van der Waals surface area contributed by atoms with Crippen molar-refractivity contribution in [1.82, 2.24) is 4.98 Å². The van der Waals surface area contributed by atoms with Crippen molar-refractivity contribution in [1.29, 1.82) is 0 Å². The van der Waals surface area contributed by atoms with E-state index in [1.807, 2.05) is 24.4 Å². The molecule has 2 aromatic carbocycles. The van der Waals surface area contributed by atoms with E-state index in [1.165, 1.54) is 4.90 Å². The zero-order valence-corrected chi connectivity index (χ0v) is 17.6. The molecule has 0 fully saturated rings. The molecular weight excluding hydrogens is 433 g/mol. The molecule has 2 heterocycles. The van der Waals surface area contributed by atoms with Crippen LogP contribution in [0.25, 0.3) is 11.3 Å². The van der Waals surface area contributed by atoms with Crippen LogP contribution in [0.15, 0.2) is 41.8 Å². The molecule has 0 atom stereocenters. The Morgan fingerprint density at radius 3 is 2.69 bits per heavy atom. The maximum Gasteiger partial charge on any atom is 0.265 e. The van der Waals surface area contributed by atoms with E-state index in [4.69, 9.17) is 27.9 Å². The van der Waals surface area contributed by atoms with Gasteiger partial charge in [0.15, 0.2) is 6.61 Å². The second-order valence-electron chi connectivity index (χ2n) is 6.41. The van der Waals surface area contributed by atoms with Gasteiger partial charge in [-0.1, -0.05) is 23.2 Å². The number of thiazole rings is 1. The van der Waals surface area contributed by atoms with Gasteiger partial charge >= 0.3 is 0 Å². The van der Waals surface area contributed by atoms with Gasteiger partial charge in [0, 0.05) is 26.7 Å². The van der Waals surface area contributed by atoms with E-state index in [0.29, 0.717) is 27.2 Å². The van der Waals surface area contributed by atoms with Crippen molar-refractivity contribution in [2.75, 3.05) is 23.4 Å². The number of ether oxygens (including phenoxy) is 1. The minimum Gasteiger partial charge on any atom is -0.482 e. The molecular formula is C20H15Cl2N3O3S. The fraction of sp³-hybridized carbons (Fsp3) is 0.150. The number of anilines is 2. The average Bonchev–Trinajstić information content (AvgIpc) is 3.09. The summed E-state index contributed by atoms with van der Waals surface area (Å²) in [5.74, 6) is -0.137. The highest BCUT2D eigenvalue weighted by Gasteiger charge is 2.28. The molecule has 1 N–H and O–H groups in total. The first-order chi connectivity index (χ1) is 13.9. The topological polar surface area (TPSA) is 71.5 Å². The van der Waals surface area contributed by atoms with E-state index in [1.54, 1.807) is 35.6 Å². The number of aromatic nitrogens is 1. The van der Waals surface area contributed by atoms with E-state index in [9.17, 15) is 9.59 Å². The van der Waals surface area contributed by atoms with Crippen LogP contribution in [0.5, 0.6) is 5.75 Å². The highest BCUT2D eigenvalue weighted by molar-refractivity contribution is 7.09. The monoisotopic (exact) mass is 447 g/mol. The molecule has 0 radical (unpaired) electrons. The van der Waals surface area contributed by atoms with Gasteiger partial charge in [-0.25, -0.2) is 4.98 Å². The molecule has 0 spiro atoms. The van der Waals surface area contributed by atoms with Gasteiger partial charge in [-0.05, 0) is 43.3 Å². The zero-order chi connectivity index (χ0) is 20.5. The second-order valence-corrected chi connectivity index (χ2v) is 8.34. The molecule has 3 aromatic rings. The number of nitrogens with one attached hydrogen (secondary N) is 1. The van der Waals surface area contributed by atoms with E-state index in [0.717, 1.165) is 16.3 Å². The lowest BCUT2D eigenvalue weighted by molar-refractivity contribution is -0.123. The molecule has 0 bridgehead atoms. The van der Waals surface area contributed by atoms with E-state index < -0.39 is 0 Å². The molecule has 9 heteroatoms. The highest BCUT2D eigenvalue weighted by Crippen LogP contribution is 2.36. The molecule has 2 amide bonds. The van der Waals surface area contributed by atoms with Gasteiger partial charge in [0.2, 0.25) is 5.91 Å². The highest BCUT2D eigenvalue weighted by atomic mass is 35.5. The molecule has 1 aliphatic rings. The summed E-state index contributed by atoms with van der Waals surface area (Å²) in [6.07, 6.45) is 0. The average molecular weight is 448 g/mol. The van der Waals surface area contributed by atoms with Crippen LogP contribution in [0.4, 0.5) is 11.4 Å². The maximum absolute atomic E-state index is 12.6.